The van der Waals surface area contributed by atoms with Crippen molar-refractivity contribution in [3.05, 3.63) is 65.6 Å². The molecular formula is C18H12F3N2O2+. The highest BCUT2D eigenvalue weighted by atomic mass is 19.4. The van der Waals surface area contributed by atoms with Gasteiger partial charge in [0.15, 0.2) is 0 Å². The lowest BCUT2D eigenvalue weighted by molar-refractivity contribution is -0.137. The van der Waals surface area contributed by atoms with Crippen LogP contribution in [0, 0.1) is 0 Å². The molecule has 1 aliphatic heterocycles. The van der Waals surface area contributed by atoms with Crippen molar-refractivity contribution in [2.45, 2.75) is 6.18 Å². The molecular weight excluding hydrogens is 333 g/mol. The average molecular weight is 345 g/mol. The summed E-state index contributed by atoms with van der Waals surface area (Å²) in [5.74, 6) is 3.67. The Kier molecular flexibility index (Phi) is 4.44. The minimum atomic E-state index is -4.39. The van der Waals surface area contributed by atoms with Gasteiger partial charge in [-0.15, -0.1) is 0 Å². The lowest BCUT2D eigenvalue weighted by atomic mass is 10.1. The van der Waals surface area contributed by atoms with Gasteiger partial charge in [-0.2, -0.15) is 13.2 Å². The van der Waals surface area contributed by atoms with Crippen LogP contribution in [0.5, 0.6) is 11.6 Å². The van der Waals surface area contributed by atoms with Crippen LogP contribution < -0.4 is 9.40 Å². The number of rotatable bonds is 4. The lowest BCUT2D eigenvalue weighted by Crippen LogP contribution is -2.04. The first-order valence-corrected chi connectivity index (χ1v) is 7.19. The minimum Gasteiger partial charge on any atom is -0.495 e. The molecule has 0 aliphatic carbocycles. The number of allylic oxidation sites excluding steroid dienone is 2. The molecule has 0 spiro atoms. The molecule has 0 saturated carbocycles. The monoisotopic (exact) mass is 345 g/mol. The molecule has 25 heavy (non-hydrogen) atoms. The van der Waals surface area contributed by atoms with E-state index in [9.17, 15) is 13.2 Å². The molecule has 0 fully saturated rings. The minimum absolute atomic E-state index is 0.230. The summed E-state index contributed by atoms with van der Waals surface area (Å²) in [6.45, 7) is 0. The fourth-order valence-corrected chi connectivity index (χ4v) is 2.21. The van der Waals surface area contributed by atoms with Crippen LogP contribution in [0.3, 0.4) is 0 Å². The standard InChI is InChI=1S/C18H12F3N2O2/c1-24-16-8-10-22-11-15(16)14-3-2-9-23-17(14)25-13-6-4-12(5-7-13)18(19,20)21/h2-9,11H,1H3/q+1. The number of pyridine rings is 1. The Morgan fingerprint density at radius 2 is 1.88 bits per heavy atom. The summed E-state index contributed by atoms with van der Waals surface area (Å²) in [6, 6.07) is 7.87. The Bertz CT molecular complexity index is 918. The van der Waals surface area contributed by atoms with Gasteiger partial charge in [-0.25, -0.2) is 4.98 Å². The van der Waals surface area contributed by atoms with Gasteiger partial charge in [0.2, 0.25) is 5.88 Å². The Morgan fingerprint density at radius 3 is 2.56 bits per heavy atom. The number of methoxy groups -OCH3 is 1. The van der Waals surface area contributed by atoms with E-state index < -0.39 is 11.7 Å². The number of hydrogen-bond donors (Lipinski definition) is 0. The molecule has 1 aromatic carbocycles. The zero-order valence-electron chi connectivity index (χ0n) is 13.0. The van der Waals surface area contributed by atoms with E-state index in [-0.39, 0.29) is 11.6 Å². The highest BCUT2D eigenvalue weighted by Gasteiger charge is 2.30. The molecule has 0 radical (unpaired) electrons. The van der Waals surface area contributed by atoms with Crippen molar-refractivity contribution in [2.24, 2.45) is 0 Å². The molecule has 4 nitrogen and oxygen atoms in total. The summed E-state index contributed by atoms with van der Waals surface area (Å²) >= 11 is 0. The molecule has 126 valence electrons. The van der Waals surface area contributed by atoms with Gasteiger partial charge < -0.3 is 9.47 Å². The summed E-state index contributed by atoms with van der Waals surface area (Å²) in [4.78, 5) is 4.16. The van der Waals surface area contributed by atoms with Crippen molar-refractivity contribution in [3.8, 4) is 11.6 Å². The molecule has 0 atom stereocenters. The van der Waals surface area contributed by atoms with Gasteiger partial charge in [0.25, 0.3) is 0 Å². The second kappa shape index (κ2) is 6.69. The third-order valence-corrected chi connectivity index (χ3v) is 3.41. The number of aromatic nitrogens is 1. The predicted octanol–water partition coefficient (Wildman–Crippen LogP) is 3.63. The van der Waals surface area contributed by atoms with Crippen LogP contribution in [0.25, 0.3) is 5.57 Å². The molecule has 1 aromatic heterocycles. The van der Waals surface area contributed by atoms with Gasteiger partial charge in [-0.1, -0.05) is 0 Å². The maximum absolute atomic E-state index is 12.6. The third kappa shape index (κ3) is 3.63. The van der Waals surface area contributed by atoms with Crippen LogP contribution in [0.15, 0.2) is 54.4 Å². The smallest absolute Gasteiger partial charge is 0.416 e. The topological polar surface area (TPSA) is 45.5 Å². The first-order valence-electron chi connectivity index (χ1n) is 7.19. The molecule has 0 bridgehead atoms. The maximum Gasteiger partial charge on any atom is 0.416 e. The quantitative estimate of drug-likeness (QED) is 0.795. The Hall–Kier alpha value is -3.27. The molecule has 1 aliphatic rings. The Morgan fingerprint density at radius 1 is 1.12 bits per heavy atom. The normalized spacial score (nSPS) is 13.3. The molecule has 2 heterocycles. The molecule has 7 heteroatoms. The Balaban J connectivity index is 1.94. The predicted molar refractivity (Wildman–Crippen MR) is 87.5 cm³/mol. The van der Waals surface area contributed by atoms with Crippen LogP contribution in [0.1, 0.15) is 11.1 Å². The summed E-state index contributed by atoms with van der Waals surface area (Å²) < 4.78 is 52.8. The van der Waals surface area contributed by atoms with Gasteiger partial charge >= 0.3 is 18.3 Å². The molecule has 0 amide bonds. The number of nitrogens with zero attached hydrogens (tertiary/aromatic N) is 2. The second-order valence-electron chi connectivity index (χ2n) is 4.99. The fourth-order valence-electron chi connectivity index (χ4n) is 2.21. The molecule has 0 N–H and O–H groups in total. The van der Waals surface area contributed by atoms with E-state index in [2.05, 4.69) is 15.5 Å². The molecule has 0 saturated heterocycles. The van der Waals surface area contributed by atoms with Crippen molar-refractivity contribution < 1.29 is 22.6 Å². The number of hydrogen-bond acceptors (Lipinski definition) is 3. The van der Waals surface area contributed by atoms with Gasteiger partial charge in [-0.05, 0) is 41.1 Å². The van der Waals surface area contributed by atoms with Gasteiger partial charge in [0.05, 0.1) is 18.2 Å². The SMILES string of the molecule is COC1=C(c2cccnc2Oc2ccc(C(F)(F)F)cc2)C=[N+]=C=C1. The fraction of sp³-hybridized carbons (Fsp3) is 0.111. The average Bonchev–Trinajstić information content (AvgIpc) is 2.62. The number of ether oxygens (including phenoxy) is 2. The number of benzene rings is 1. The van der Waals surface area contributed by atoms with E-state index in [4.69, 9.17) is 9.47 Å². The van der Waals surface area contributed by atoms with E-state index in [1.165, 1.54) is 25.4 Å². The van der Waals surface area contributed by atoms with E-state index in [0.717, 1.165) is 12.1 Å². The highest BCUT2D eigenvalue weighted by molar-refractivity contribution is 6.13. The maximum atomic E-state index is 12.6. The zero-order valence-corrected chi connectivity index (χ0v) is 13.0. The van der Waals surface area contributed by atoms with Crippen LogP contribution in [0.4, 0.5) is 13.2 Å². The van der Waals surface area contributed by atoms with E-state index in [1.807, 2.05) is 0 Å². The third-order valence-electron chi connectivity index (χ3n) is 3.41. The largest absolute Gasteiger partial charge is 0.495 e. The first-order chi connectivity index (χ1) is 12.0. The molecule has 3 rings (SSSR count). The second-order valence-corrected chi connectivity index (χ2v) is 4.99. The van der Waals surface area contributed by atoms with Crippen molar-refractivity contribution in [2.75, 3.05) is 7.11 Å². The van der Waals surface area contributed by atoms with E-state index in [0.29, 0.717) is 16.9 Å². The zero-order chi connectivity index (χ0) is 17.9. The van der Waals surface area contributed by atoms with Crippen LogP contribution in [-0.4, -0.2) is 24.2 Å². The summed E-state index contributed by atoms with van der Waals surface area (Å²) in [7, 11) is 1.51. The van der Waals surface area contributed by atoms with Gasteiger partial charge in [0.1, 0.15) is 23.2 Å². The summed E-state index contributed by atoms with van der Waals surface area (Å²) in [6.07, 6.45) is 0.256. The van der Waals surface area contributed by atoms with Crippen molar-refractivity contribution in [3.63, 3.8) is 0 Å². The van der Waals surface area contributed by atoms with Crippen molar-refractivity contribution in [1.29, 1.82) is 0 Å². The lowest BCUT2D eigenvalue weighted by Gasteiger charge is -2.11. The van der Waals surface area contributed by atoms with E-state index >= 15 is 0 Å². The van der Waals surface area contributed by atoms with Crippen LogP contribution >= 0.6 is 0 Å². The molecule has 2 aromatic rings. The van der Waals surface area contributed by atoms with Crippen LogP contribution in [-0.2, 0) is 10.9 Å². The first kappa shape index (κ1) is 16.6. The number of alkyl halides is 3. The Labute approximate surface area is 141 Å². The van der Waals surface area contributed by atoms with Crippen molar-refractivity contribution in [1.82, 2.24) is 9.65 Å². The summed E-state index contributed by atoms with van der Waals surface area (Å²) in [5.41, 5.74) is 0.488. The van der Waals surface area contributed by atoms with E-state index in [1.54, 1.807) is 24.4 Å². The van der Waals surface area contributed by atoms with Crippen LogP contribution in [0.2, 0.25) is 0 Å². The highest BCUT2D eigenvalue weighted by Crippen LogP contribution is 2.33. The van der Waals surface area contributed by atoms with Gasteiger partial charge in [0, 0.05) is 6.20 Å². The number of halogens is 3. The van der Waals surface area contributed by atoms with Crippen molar-refractivity contribution >= 4 is 17.7 Å². The van der Waals surface area contributed by atoms with Gasteiger partial charge in [-0.3, -0.25) is 0 Å². The summed E-state index contributed by atoms with van der Waals surface area (Å²) in [5, 5.41) is 0. The molecule has 0 unspecified atom stereocenters.